The van der Waals surface area contributed by atoms with Gasteiger partial charge in [-0.25, -0.2) is 0 Å². The standard InChI is InChI=1S/C5H2N2O3/c6-2-4-1-5(7(8)9)10-3-4/h1,3H. The van der Waals surface area contributed by atoms with Crippen molar-refractivity contribution in [3.8, 4) is 6.07 Å². The van der Waals surface area contributed by atoms with Crippen molar-refractivity contribution in [2.75, 3.05) is 0 Å². The summed E-state index contributed by atoms with van der Waals surface area (Å²) in [6.45, 7) is 0. The highest BCUT2D eigenvalue weighted by Crippen LogP contribution is 2.13. The molecule has 5 nitrogen and oxygen atoms in total. The summed E-state index contributed by atoms with van der Waals surface area (Å²) in [6.07, 6.45) is 1.04. The fourth-order valence-corrected chi connectivity index (χ4v) is 0.479. The minimum atomic E-state index is -0.694. The lowest BCUT2D eigenvalue weighted by Gasteiger charge is -1.76. The first kappa shape index (κ1) is 6.29. The number of nitriles is 1. The molecule has 0 aliphatic rings. The molecule has 0 saturated carbocycles. The summed E-state index contributed by atoms with van der Waals surface area (Å²) in [5, 5.41) is 18.1. The topological polar surface area (TPSA) is 80.1 Å². The molecule has 0 fully saturated rings. The van der Waals surface area contributed by atoms with Crippen LogP contribution in [0.2, 0.25) is 0 Å². The van der Waals surface area contributed by atoms with Gasteiger partial charge in [-0.1, -0.05) is 0 Å². The second-order valence-corrected chi connectivity index (χ2v) is 1.54. The molecule has 0 aromatic carbocycles. The van der Waals surface area contributed by atoms with Gasteiger partial charge in [0.05, 0.1) is 11.6 Å². The molecular weight excluding hydrogens is 136 g/mol. The Bertz CT molecular complexity index is 296. The van der Waals surface area contributed by atoms with Crippen LogP contribution < -0.4 is 0 Å². The Balaban J connectivity index is 3.02. The van der Waals surface area contributed by atoms with E-state index in [0.29, 0.717) is 0 Å². The van der Waals surface area contributed by atoms with E-state index in [1.165, 1.54) is 0 Å². The van der Waals surface area contributed by atoms with E-state index in [9.17, 15) is 10.1 Å². The van der Waals surface area contributed by atoms with Crippen LogP contribution in [0, 0.1) is 21.4 Å². The lowest BCUT2D eigenvalue weighted by atomic mass is 10.4. The lowest BCUT2D eigenvalue weighted by molar-refractivity contribution is -0.402. The summed E-state index contributed by atoms with van der Waals surface area (Å²) in [4.78, 5) is 9.24. The van der Waals surface area contributed by atoms with E-state index in [4.69, 9.17) is 5.26 Å². The van der Waals surface area contributed by atoms with Gasteiger partial charge in [-0.2, -0.15) is 5.26 Å². The first-order valence-corrected chi connectivity index (χ1v) is 2.37. The van der Waals surface area contributed by atoms with Gasteiger partial charge in [0.1, 0.15) is 17.3 Å². The van der Waals surface area contributed by atoms with E-state index >= 15 is 0 Å². The molecule has 50 valence electrons. The molecule has 0 radical (unpaired) electrons. The van der Waals surface area contributed by atoms with Gasteiger partial charge in [-0.3, -0.25) is 10.1 Å². The molecule has 0 N–H and O–H groups in total. The van der Waals surface area contributed by atoms with Crippen LogP contribution in [-0.4, -0.2) is 4.92 Å². The van der Waals surface area contributed by atoms with E-state index in [2.05, 4.69) is 4.42 Å². The zero-order chi connectivity index (χ0) is 7.56. The third kappa shape index (κ3) is 0.951. The normalized spacial score (nSPS) is 8.70. The van der Waals surface area contributed by atoms with Crippen molar-refractivity contribution < 1.29 is 9.34 Å². The van der Waals surface area contributed by atoms with Crippen molar-refractivity contribution in [1.82, 2.24) is 0 Å². The molecule has 0 aliphatic carbocycles. The summed E-state index contributed by atoms with van der Waals surface area (Å²) in [7, 11) is 0. The third-order valence-corrected chi connectivity index (χ3v) is 0.895. The van der Waals surface area contributed by atoms with Crippen LogP contribution >= 0.6 is 0 Å². The predicted molar refractivity (Wildman–Crippen MR) is 30.1 cm³/mol. The molecular formula is C5H2N2O3. The highest BCUT2D eigenvalue weighted by Gasteiger charge is 2.10. The van der Waals surface area contributed by atoms with Gasteiger partial charge in [-0.05, 0) is 0 Å². The van der Waals surface area contributed by atoms with E-state index in [0.717, 1.165) is 12.3 Å². The van der Waals surface area contributed by atoms with E-state index in [1.807, 2.05) is 0 Å². The molecule has 1 rings (SSSR count). The van der Waals surface area contributed by atoms with Crippen molar-refractivity contribution in [1.29, 1.82) is 5.26 Å². The first-order chi connectivity index (χ1) is 4.74. The second kappa shape index (κ2) is 2.19. The maximum atomic E-state index is 9.93. The van der Waals surface area contributed by atoms with Gasteiger partial charge in [0, 0.05) is 0 Å². The average Bonchev–Trinajstić information content (AvgIpc) is 2.34. The van der Waals surface area contributed by atoms with Crippen LogP contribution in [-0.2, 0) is 0 Å². The monoisotopic (exact) mass is 138 g/mol. The number of hydrogen-bond donors (Lipinski definition) is 0. The number of nitrogens with zero attached hydrogens (tertiary/aromatic N) is 2. The maximum absolute atomic E-state index is 9.93. The SMILES string of the molecule is N#Cc1coc([N+](=O)[O-])c1. The minimum Gasteiger partial charge on any atom is -0.408 e. The Morgan fingerprint density at radius 3 is 2.80 bits per heavy atom. The zero-order valence-corrected chi connectivity index (χ0v) is 4.77. The number of hydrogen-bond acceptors (Lipinski definition) is 4. The fraction of sp³-hybridized carbons (Fsp3) is 0. The maximum Gasteiger partial charge on any atom is 0.434 e. The zero-order valence-electron chi connectivity index (χ0n) is 4.77. The van der Waals surface area contributed by atoms with Gasteiger partial charge in [0.15, 0.2) is 0 Å². The Kier molecular flexibility index (Phi) is 1.38. The van der Waals surface area contributed by atoms with Crippen molar-refractivity contribution >= 4 is 5.88 Å². The molecule has 0 bridgehead atoms. The van der Waals surface area contributed by atoms with E-state index in [1.54, 1.807) is 6.07 Å². The van der Waals surface area contributed by atoms with E-state index < -0.39 is 10.8 Å². The summed E-state index contributed by atoms with van der Waals surface area (Å²) < 4.78 is 4.40. The molecule has 1 aromatic rings. The van der Waals surface area contributed by atoms with Crippen LogP contribution in [0.1, 0.15) is 5.56 Å². The Morgan fingerprint density at radius 2 is 2.50 bits per heavy atom. The van der Waals surface area contributed by atoms with Crippen LogP contribution in [0.3, 0.4) is 0 Å². The van der Waals surface area contributed by atoms with Gasteiger partial charge in [0.2, 0.25) is 0 Å². The predicted octanol–water partition coefficient (Wildman–Crippen LogP) is 1.06. The van der Waals surface area contributed by atoms with Gasteiger partial charge < -0.3 is 4.42 Å². The molecule has 0 amide bonds. The summed E-state index contributed by atoms with van der Waals surface area (Å²) in [5.41, 5.74) is 0.159. The minimum absolute atomic E-state index is 0.159. The highest BCUT2D eigenvalue weighted by atomic mass is 16.6. The average molecular weight is 138 g/mol. The summed E-state index contributed by atoms with van der Waals surface area (Å²) in [5.74, 6) is -0.406. The molecule has 0 spiro atoms. The number of rotatable bonds is 1. The molecule has 10 heavy (non-hydrogen) atoms. The Morgan fingerprint density at radius 1 is 1.80 bits per heavy atom. The second-order valence-electron chi connectivity index (χ2n) is 1.54. The third-order valence-electron chi connectivity index (χ3n) is 0.895. The molecule has 0 saturated heterocycles. The summed E-state index contributed by atoms with van der Waals surface area (Å²) in [6, 6.07) is 2.77. The van der Waals surface area contributed by atoms with Gasteiger partial charge >= 0.3 is 5.88 Å². The molecule has 0 unspecified atom stereocenters. The Hall–Kier alpha value is -1.83. The molecule has 0 atom stereocenters. The molecule has 5 heteroatoms. The summed E-state index contributed by atoms with van der Waals surface area (Å²) >= 11 is 0. The number of furan rings is 1. The Labute approximate surface area is 55.6 Å². The van der Waals surface area contributed by atoms with Crippen LogP contribution in [0.4, 0.5) is 5.88 Å². The van der Waals surface area contributed by atoms with Crippen molar-refractivity contribution in [2.24, 2.45) is 0 Å². The molecule has 0 aliphatic heterocycles. The van der Waals surface area contributed by atoms with Gasteiger partial charge in [-0.15, -0.1) is 0 Å². The van der Waals surface area contributed by atoms with Crippen molar-refractivity contribution in [3.05, 3.63) is 28.0 Å². The molecule has 1 aromatic heterocycles. The number of nitro groups is 1. The lowest BCUT2D eigenvalue weighted by Crippen LogP contribution is -1.82. The van der Waals surface area contributed by atoms with Crippen LogP contribution in [0.25, 0.3) is 0 Å². The fourth-order valence-electron chi connectivity index (χ4n) is 0.479. The van der Waals surface area contributed by atoms with E-state index in [-0.39, 0.29) is 5.56 Å². The highest BCUT2D eigenvalue weighted by molar-refractivity contribution is 5.31. The van der Waals surface area contributed by atoms with Crippen molar-refractivity contribution in [2.45, 2.75) is 0 Å². The first-order valence-electron chi connectivity index (χ1n) is 2.37. The smallest absolute Gasteiger partial charge is 0.408 e. The van der Waals surface area contributed by atoms with Gasteiger partial charge in [0.25, 0.3) is 0 Å². The van der Waals surface area contributed by atoms with Crippen LogP contribution in [0.15, 0.2) is 16.7 Å². The quantitative estimate of drug-likeness (QED) is 0.429. The largest absolute Gasteiger partial charge is 0.434 e. The molecule has 1 heterocycles. The van der Waals surface area contributed by atoms with Crippen molar-refractivity contribution in [3.63, 3.8) is 0 Å². The van der Waals surface area contributed by atoms with Crippen LogP contribution in [0.5, 0.6) is 0 Å².